The Bertz CT molecular complexity index is 1420. The first-order valence-electron chi connectivity index (χ1n) is 11.6. The van der Waals surface area contributed by atoms with Crippen molar-refractivity contribution in [2.24, 2.45) is 0 Å². The average molecular weight is 495 g/mol. The molecule has 0 bridgehead atoms. The first kappa shape index (κ1) is 22.1. The van der Waals surface area contributed by atoms with Gasteiger partial charge < -0.3 is 19.9 Å². The summed E-state index contributed by atoms with van der Waals surface area (Å²) in [5.41, 5.74) is 2.47. The first-order chi connectivity index (χ1) is 17.0. The molecule has 0 unspecified atom stereocenters. The normalized spacial score (nSPS) is 20.8. The minimum Gasteiger partial charge on any atom is -0.444 e. The molecule has 2 aromatic carbocycles. The van der Waals surface area contributed by atoms with Gasteiger partial charge >= 0.3 is 6.09 Å². The van der Waals surface area contributed by atoms with Crippen LogP contribution in [0.25, 0.3) is 10.9 Å². The van der Waals surface area contributed by atoms with Crippen molar-refractivity contribution in [1.29, 1.82) is 0 Å². The predicted octanol–water partition coefficient (Wildman–Crippen LogP) is 3.63. The summed E-state index contributed by atoms with van der Waals surface area (Å²) in [5, 5.41) is 7.07. The third-order valence-corrected chi connectivity index (χ3v) is 7.80. The van der Waals surface area contributed by atoms with E-state index in [0.29, 0.717) is 54.3 Å². The number of aromatic nitrogens is 1. The molecule has 4 heterocycles. The Labute approximate surface area is 204 Å². The van der Waals surface area contributed by atoms with Crippen LogP contribution in [0, 0.1) is 5.82 Å². The lowest BCUT2D eigenvalue weighted by Gasteiger charge is -2.20. The van der Waals surface area contributed by atoms with Crippen molar-refractivity contribution >= 4 is 46.0 Å². The van der Waals surface area contributed by atoms with Gasteiger partial charge in [-0.2, -0.15) is 0 Å². The molecule has 0 saturated carbocycles. The number of pyridine rings is 1. The minimum absolute atomic E-state index is 0.0552. The second kappa shape index (κ2) is 8.69. The molecule has 10 heteroatoms. The smallest absolute Gasteiger partial charge is 0.414 e. The number of carbonyl (C=O) groups is 2. The maximum Gasteiger partial charge on any atom is 0.414 e. The van der Waals surface area contributed by atoms with Gasteiger partial charge in [-0.05, 0) is 61.2 Å². The number of hydrogen-bond acceptors (Lipinski definition) is 6. The number of fused-ring (bicyclic) bond motifs is 1. The van der Waals surface area contributed by atoms with Crippen molar-refractivity contribution in [3.05, 3.63) is 64.2 Å². The van der Waals surface area contributed by atoms with Crippen LogP contribution in [0.4, 0.5) is 20.6 Å². The number of anilines is 2. The highest BCUT2D eigenvalue weighted by Gasteiger charge is 2.33. The summed E-state index contributed by atoms with van der Waals surface area (Å²) in [6, 6.07) is 11.7. The van der Waals surface area contributed by atoms with Crippen LogP contribution in [0.3, 0.4) is 0 Å². The van der Waals surface area contributed by atoms with Gasteiger partial charge in [0.1, 0.15) is 11.9 Å². The number of carbonyl (C=O) groups excluding carboxylic acids is 2. The zero-order chi connectivity index (χ0) is 24.1. The number of nitrogens with one attached hydrogen (secondary N) is 2. The van der Waals surface area contributed by atoms with Crippen LogP contribution in [0.5, 0.6) is 0 Å². The molecule has 8 nitrogen and oxygen atoms in total. The Morgan fingerprint density at radius 1 is 1.11 bits per heavy atom. The minimum atomic E-state index is -0.405. The average Bonchev–Trinajstić information content (AvgIpc) is 3.42. The number of nitrogens with zero attached hydrogens (tertiary/aromatic N) is 2. The summed E-state index contributed by atoms with van der Waals surface area (Å²) in [6.07, 6.45) is 0.714. The van der Waals surface area contributed by atoms with E-state index in [9.17, 15) is 18.8 Å². The topological polar surface area (TPSA) is 92.7 Å². The highest BCUT2D eigenvalue weighted by Crippen LogP contribution is 2.36. The van der Waals surface area contributed by atoms with E-state index < -0.39 is 6.09 Å². The van der Waals surface area contributed by atoms with Crippen LogP contribution in [-0.4, -0.2) is 41.5 Å². The van der Waals surface area contributed by atoms with Gasteiger partial charge in [-0.3, -0.25) is 14.5 Å². The van der Waals surface area contributed by atoms with E-state index >= 15 is 0 Å². The van der Waals surface area contributed by atoms with Gasteiger partial charge in [0.2, 0.25) is 5.91 Å². The van der Waals surface area contributed by atoms with Crippen LogP contribution in [0.1, 0.15) is 24.4 Å². The Hall–Kier alpha value is -3.37. The second-order valence-electron chi connectivity index (χ2n) is 8.96. The lowest BCUT2D eigenvalue weighted by Crippen LogP contribution is -2.27. The van der Waals surface area contributed by atoms with Gasteiger partial charge in [-0.15, -0.1) is 11.8 Å². The standard InChI is InChI=1S/C25H23FN4O4S/c26-17-6-3-14-4-8-22(32)30-12-19(23(17)24(14)30)27-9-1-2-16-11-29(25(33)34-16)15-5-7-20-18(10-15)28-21(31)13-35-20/h3-8,10,16,19,27H,1-2,9,11-13H2,(H,28,31)/t16-,19-/m0/s1. The van der Waals surface area contributed by atoms with Crippen molar-refractivity contribution in [1.82, 2.24) is 9.88 Å². The highest BCUT2D eigenvalue weighted by atomic mass is 32.2. The summed E-state index contributed by atoms with van der Waals surface area (Å²) in [6.45, 7) is 1.42. The first-order valence-corrected chi connectivity index (χ1v) is 12.6. The van der Waals surface area contributed by atoms with Crippen molar-refractivity contribution < 1.29 is 18.7 Å². The predicted molar refractivity (Wildman–Crippen MR) is 132 cm³/mol. The van der Waals surface area contributed by atoms with Crippen LogP contribution in [0.15, 0.2) is 52.2 Å². The number of ether oxygens (including phenoxy) is 1. The van der Waals surface area contributed by atoms with E-state index in [1.807, 2.05) is 12.1 Å². The molecule has 1 fully saturated rings. The number of cyclic esters (lactones) is 1. The molecule has 2 amide bonds. The molecular formula is C25H23FN4O4S. The van der Waals surface area contributed by atoms with E-state index in [2.05, 4.69) is 10.6 Å². The molecule has 3 aromatic rings. The maximum absolute atomic E-state index is 14.6. The van der Waals surface area contributed by atoms with Crippen LogP contribution in [0.2, 0.25) is 0 Å². The Morgan fingerprint density at radius 2 is 1.97 bits per heavy atom. The van der Waals surface area contributed by atoms with Gasteiger partial charge in [-0.1, -0.05) is 0 Å². The third-order valence-electron chi connectivity index (χ3n) is 6.73. The molecule has 3 aliphatic rings. The Morgan fingerprint density at radius 3 is 2.86 bits per heavy atom. The number of halogens is 1. The van der Waals surface area contributed by atoms with Crippen molar-refractivity contribution in [3.8, 4) is 0 Å². The fraction of sp³-hybridized carbons (Fsp3) is 0.320. The monoisotopic (exact) mass is 494 g/mol. The Balaban J connectivity index is 1.06. The number of rotatable bonds is 6. The molecule has 1 aromatic heterocycles. The SMILES string of the molecule is O=C1CSc2ccc(N3C[C@H](CCCN[C@H]4Cn5c(=O)ccc6ccc(F)c4c65)OC3=O)cc2N1. The largest absolute Gasteiger partial charge is 0.444 e. The fourth-order valence-corrected chi connectivity index (χ4v) is 5.87. The molecule has 2 atom stereocenters. The molecule has 6 rings (SSSR count). The summed E-state index contributed by atoms with van der Waals surface area (Å²) < 4.78 is 21.8. The molecule has 3 aliphatic heterocycles. The summed E-state index contributed by atoms with van der Waals surface area (Å²) in [5.74, 6) is 0.0203. The highest BCUT2D eigenvalue weighted by molar-refractivity contribution is 8.00. The number of amides is 2. The molecule has 180 valence electrons. The molecule has 0 radical (unpaired) electrons. The Kier molecular flexibility index (Phi) is 5.49. The van der Waals surface area contributed by atoms with Crippen LogP contribution in [-0.2, 0) is 16.1 Å². The van der Waals surface area contributed by atoms with E-state index in [-0.39, 0.29) is 29.4 Å². The molecular weight excluding hydrogens is 471 g/mol. The van der Waals surface area contributed by atoms with E-state index in [1.165, 1.54) is 23.9 Å². The molecule has 0 aliphatic carbocycles. The molecule has 35 heavy (non-hydrogen) atoms. The molecule has 1 saturated heterocycles. The lowest BCUT2D eigenvalue weighted by molar-refractivity contribution is -0.113. The van der Waals surface area contributed by atoms with Crippen molar-refractivity contribution in [3.63, 3.8) is 0 Å². The number of thioether (sulfide) groups is 1. The van der Waals surface area contributed by atoms with Gasteiger partial charge in [0.05, 0.1) is 29.5 Å². The van der Waals surface area contributed by atoms with Gasteiger partial charge in [0.15, 0.2) is 0 Å². The summed E-state index contributed by atoms with van der Waals surface area (Å²) in [4.78, 5) is 39.0. The zero-order valence-corrected chi connectivity index (χ0v) is 19.6. The van der Waals surface area contributed by atoms with Gasteiger partial charge in [-0.25, -0.2) is 9.18 Å². The van der Waals surface area contributed by atoms with E-state index in [0.717, 1.165) is 16.7 Å². The van der Waals surface area contributed by atoms with E-state index in [1.54, 1.807) is 27.7 Å². The van der Waals surface area contributed by atoms with Crippen LogP contribution >= 0.6 is 11.8 Å². The molecule has 2 N–H and O–H groups in total. The molecule has 0 spiro atoms. The fourth-order valence-electron chi connectivity index (χ4n) is 5.08. The van der Waals surface area contributed by atoms with Gasteiger partial charge in [0.25, 0.3) is 5.56 Å². The van der Waals surface area contributed by atoms with Crippen LogP contribution < -0.4 is 21.1 Å². The number of benzene rings is 2. The number of hydrogen-bond donors (Lipinski definition) is 2. The lowest BCUT2D eigenvalue weighted by atomic mass is 10.1. The van der Waals surface area contributed by atoms with Crippen molar-refractivity contribution in [2.75, 3.05) is 29.1 Å². The maximum atomic E-state index is 14.6. The third kappa shape index (κ3) is 3.96. The van der Waals surface area contributed by atoms with Crippen molar-refractivity contribution in [2.45, 2.75) is 36.4 Å². The second-order valence-corrected chi connectivity index (χ2v) is 9.98. The summed E-state index contributed by atoms with van der Waals surface area (Å²) >= 11 is 1.47. The zero-order valence-electron chi connectivity index (χ0n) is 18.8. The summed E-state index contributed by atoms with van der Waals surface area (Å²) in [7, 11) is 0. The van der Waals surface area contributed by atoms with Gasteiger partial charge in [0, 0.05) is 28.8 Å². The quantitative estimate of drug-likeness (QED) is 0.509. The van der Waals surface area contributed by atoms with E-state index in [4.69, 9.17) is 4.74 Å².